The average molecular weight is 400 g/mol. The summed E-state index contributed by atoms with van der Waals surface area (Å²) in [5.41, 5.74) is 0.657. The smallest absolute Gasteiger partial charge is 0.338 e. The Morgan fingerprint density at radius 3 is 2.85 bits per heavy atom. The molecule has 0 amide bonds. The molecule has 0 spiro atoms. The van der Waals surface area contributed by atoms with Gasteiger partial charge in [0.1, 0.15) is 10.6 Å². The molecule has 5 nitrogen and oxygen atoms in total. The third-order valence-corrected chi connectivity index (χ3v) is 5.75. The van der Waals surface area contributed by atoms with Crippen LogP contribution in [0.4, 0.5) is 4.39 Å². The number of halogens is 1. The minimum Gasteiger partial charge on any atom is -0.451 e. The van der Waals surface area contributed by atoms with Crippen LogP contribution < -0.4 is 5.56 Å². The number of H-pyrrole nitrogens is 1. The second-order valence-corrected chi connectivity index (χ2v) is 7.62. The zero-order valence-electron chi connectivity index (χ0n) is 14.1. The van der Waals surface area contributed by atoms with Gasteiger partial charge in [0.25, 0.3) is 5.56 Å². The van der Waals surface area contributed by atoms with E-state index in [0.29, 0.717) is 10.2 Å². The van der Waals surface area contributed by atoms with Crippen molar-refractivity contribution in [3.8, 4) is 10.4 Å². The van der Waals surface area contributed by atoms with Gasteiger partial charge in [-0.15, -0.1) is 22.7 Å². The van der Waals surface area contributed by atoms with Crippen LogP contribution in [0, 0.1) is 5.82 Å². The number of hydrogen-bond acceptors (Lipinski definition) is 6. The van der Waals surface area contributed by atoms with Gasteiger partial charge in [0.15, 0.2) is 11.9 Å². The first-order chi connectivity index (χ1) is 13.0. The number of nitrogens with one attached hydrogen (secondary N) is 1. The first-order valence-corrected chi connectivity index (χ1v) is 9.80. The second-order valence-electron chi connectivity index (χ2n) is 5.82. The van der Waals surface area contributed by atoms with E-state index in [4.69, 9.17) is 4.74 Å². The molecule has 136 valence electrons. The number of hydrogen-bond donors (Lipinski definition) is 1. The average Bonchev–Trinajstić information content (AvgIpc) is 3.31. The van der Waals surface area contributed by atoms with E-state index in [9.17, 15) is 14.0 Å². The summed E-state index contributed by atoms with van der Waals surface area (Å²) in [6.07, 6.45) is -0.787. The number of rotatable bonds is 4. The number of aromatic amines is 1. The van der Waals surface area contributed by atoms with Gasteiger partial charge in [0, 0.05) is 15.8 Å². The van der Waals surface area contributed by atoms with Crippen molar-refractivity contribution in [3.05, 3.63) is 74.7 Å². The normalized spacial score (nSPS) is 12.2. The van der Waals surface area contributed by atoms with Crippen LogP contribution in [-0.4, -0.2) is 15.9 Å². The van der Waals surface area contributed by atoms with E-state index in [0.717, 1.165) is 16.5 Å². The lowest BCUT2D eigenvalue weighted by Gasteiger charge is -2.12. The second kappa shape index (κ2) is 7.05. The van der Waals surface area contributed by atoms with Gasteiger partial charge in [-0.1, -0.05) is 12.1 Å². The number of fused-ring (bicyclic) bond motifs is 1. The Bertz CT molecular complexity index is 1180. The van der Waals surface area contributed by atoms with Crippen LogP contribution in [-0.2, 0) is 4.74 Å². The Morgan fingerprint density at radius 1 is 1.26 bits per heavy atom. The molecule has 0 saturated carbocycles. The SMILES string of the molecule is C[C@H](OC(=O)c1cccc(F)c1)c1nc2scc(-c3cccs3)c2c(=O)[nH]1. The molecule has 3 aromatic heterocycles. The Kier molecular flexibility index (Phi) is 4.59. The lowest BCUT2D eigenvalue weighted by molar-refractivity contribution is 0.0319. The maximum atomic E-state index is 13.3. The molecule has 8 heteroatoms. The first-order valence-electron chi connectivity index (χ1n) is 8.05. The largest absolute Gasteiger partial charge is 0.451 e. The molecule has 0 aliphatic heterocycles. The number of nitrogens with zero attached hydrogens (tertiary/aromatic N) is 1. The van der Waals surface area contributed by atoms with E-state index >= 15 is 0 Å². The van der Waals surface area contributed by atoms with Crippen molar-refractivity contribution in [2.75, 3.05) is 0 Å². The molecule has 27 heavy (non-hydrogen) atoms. The number of carbonyl (C=O) groups is 1. The fourth-order valence-corrected chi connectivity index (χ4v) is 4.44. The Hall–Kier alpha value is -2.84. The molecular weight excluding hydrogens is 387 g/mol. The number of benzene rings is 1. The highest BCUT2D eigenvalue weighted by Crippen LogP contribution is 2.33. The van der Waals surface area contributed by atoms with Crippen molar-refractivity contribution >= 4 is 38.9 Å². The Morgan fingerprint density at radius 2 is 2.11 bits per heavy atom. The summed E-state index contributed by atoms with van der Waals surface area (Å²) in [6.45, 7) is 1.61. The van der Waals surface area contributed by atoms with Gasteiger partial charge in [-0.05, 0) is 36.6 Å². The standard InChI is InChI=1S/C19H13FN2O3S2/c1-10(25-19(24)11-4-2-5-12(20)8-11)16-21-17(23)15-13(9-27-18(15)22-16)14-6-3-7-26-14/h2-10H,1H3,(H,21,22,23)/t10-/m0/s1. The fourth-order valence-electron chi connectivity index (χ4n) is 2.67. The van der Waals surface area contributed by atoms with Gasteiger partial charge < -0.3 is 9.72 Å². The number of thiophene rings is 2. The van der Waals surface area contributed by atoms with Gasteiger partial charge in [0.05, 0.1) is 10.9 Å². The number of esters is 1. The van der Waals surface area contributed by atoms with Crippen LogP contribution in [0.5, 0.6) is 0 Å². The van der Waals surface area contributed by atoms with E-state index in [-0.39, 0.29) is 16.9 Å². The highest BCUT2D eigenvalue weighted by molar-refractivity contribution is 7.18. The van der Waals surface area contributed by atoms with Crippen molar-refractivity contribution in [3.63, 3.8) is 0 Å². The van der Waals surface area contributed by atoms with E-state index in [1.54, 1.807) is 18.3 Å². The predicted molar refractivity (Wildman–Crippen MR) is 104 cm³/mol. The number of ether oxygens (including phenoxy) is 1. The van der Waals surface area contributed by atoms with Crippen molar-refractivity contribution in [1.29, 1.82) is 0 Å². The minimum absolute atomic E-state index is 0.0985. The number of carbonyl (C=O) groups excluding carboxylic acids is 1. The zero-order valence-corrected chi connectivity index (χ0v) is 15.7. The van der Waals surface area contributed by atoms with Crippen LogP contribution in [0.3, 0.4) is 0 Å². The highest BCUT2D eigenvalue weighted by atomic mass is 32.1. The van der Waals surface area contributed by atoms with Crippen molar-refractivity contribution in [1.82, 2.24) is 9.97 Å². The van der Waals surface area contributed by atoms with Crippen molar-refractivity contribution < 1.29 is 13.9 Å². The minimum atomic E-state index is -0.787. The quantitative estimate of drug-likeness (QED) is 0.501. The summed E-state index contributed by atoms with van der Waals surface area (Å²) in [7, 11) is 0. The van der Waals surface area contributed by atoms with Crippen LogP contribution >= 0.6 is 22.7 Å². The predicted octanol–water partition coefficient (Wildman–Crippen LogP) is 4.77. The van der Waals surface area contributed by atoms with Crippen LogP contribution in [0.25, 0.3) is 20.7 Å². The molecule has 4 aromatic rings. The molecule has 3 heterocycles. The van der Waals surface area contributed by atoms with Gasteiger partial charge in [-0.25, -0.2) is 14.2 Å². The highest BCUT2D eigenvalue weighted by Gasteiger charge is 2.19. The lowest BCUT2D eigenvalue weighted by Crippen LogP contribution is -2.17. The van der Waals surface area contributed by atoms with E-state index in [1.807, 2.05) is 22.9 Å². The van der Waals surface area contributed by atoms with E-state index < -0.39 is 17.9 Å². The molecule has 0 fully saturated rings. The molecule has 4 rings (SSSR count). The van der Waals surface area contributed by atoms with Crippen molar-refractivity contribution in [2.45, 2.75) is 13.0 Å². The Labute approximate surface area is 161 Å². The molecule has 1 N–H and O–H groups in total. The first kappa shape index (κ1) is 17.6. The van der Waals surface area contributed by atoms with Gasteiger partial charge in [0.2, 0.25) is 0 Å². The monoisotopic (exact) mass is 400 g/mol. The molecular formula is C19H13FN2O3S2. The Balaban J connectivity index is 1.64. The molecule has 0 radical (unpaired) electrons. The molecule has 0 unspecified atom stereocenters. The van der Waals surface area contributed by atoms with Crippen LogP contribution in [0.2, 0.25) is 0 Å². The van der Waals surface area contributed by atoms with Gasteiger partial charge in [-0.2, -0.15) is 0 Å². The maximum Gasteiger partial charge on any atom is 0.338 e. The van der Waals surface area contributed by atoms with Crippen molar-refractivity contribution in [2.24, 2.45) is 0 Å². The van der Waals surface area contributed by atoms with Crippen LogP contribution in [0.15, 0.2) is 52.0 Å². The molecule has 0 aliphatic carbocycles. The number of aromatic nitrogens is 2. The third-order valence-electron chi connectivity index (χ3n) is 3.98. The summed E-state index contributed by atoms with van der Waals surface area (Å²) in [4.78, 5) is 33.5. The molecule has 0 bridgehead atoms. The topological polar surface area (TPSA) is 72.0 Å². The zero-order chi connectivity index (χ0) is 19.0. The summed E-state index contributed by atoms with van der Waals surface area (Å²) in [6, 6.07) is 9.11. The lowest BCUT2D eigenvalue weighted by atomic mass is 10.2. The van der Waals surface area contributed by atoms with Gasteiger partial charge >= 0.3 is 5.97 Å². The van der Waals surface area contributed by atoms with Gasteiger partial charge in [-0.3, -0.25) is 4.79 Å². The van der Waals surface area contributed by atoms with E-state index in [1.165, 1.54) is 29.5 Å². The summed E-state index contributed by atoms with van der Waals surface area (Å²) in [5, 5.41) is 4.36. The summed E-state index contributed by atoms with van der Waals surface area (Å²) < 4.78 is 18.6. The molecule has 1 atom stereocenters. The third kappa shape index (κ3) is 3.41. The summed E-state index contributed by atoms with van der Waals surface area (Å²) >= 11 is 2.91. The molecule has 0 saturated heterocycles. The summed E-state index contributed by atoms with van der Waals surface area (Å²) in [5.74, 6) is -0.961. The van der Waals surface area contributed by atoms with Crippen LogP contribution in [0.1, 0.15) is 29.2 Å². The fraction of sp³-hybridized carbons (Fsp3) is 0.105. The molecule has 0 aliphatic rings. The van der Waals surface area contributed by atoms with E-state index in [2.05, 4.69) is 9.97 Å². The maximum absolute atomic E-state index is 13.3. The molecule has 1 aromatic carbocycles.